The molecule has 0 atom stereocenters. The van der Waals surface area contributed by atoms with Gasteiger partial charge in [0, 0.05) is 19.5 Å². The largest absolute Gasteiger partial charge is 0.506 e. The van der Waals surface area contributed by atoms with Crippen LogP contribution in [-0.4, -0.2) is 22.6 Å². The zero-order valence-electron chi connectivity index (χ0n) is 9.52. The van der Waals surface area contributed by atoms with E-state index in [0.29, 0.717) is 10.9 Å². The third-order valence-electron chi connectivity index (χ3n) is 2.73. The Morgan fingerprint density at radius 2 is 2.00 bits per heavy atom. The highest BCUT2D eigenvalue weighted by atomic mass is 16.3. The average Bonchev–Trinajstić information content (AvgIpc) is 2.36. The molecule has 1 amide bonds. The van der Waals surface area contributed by atoms with Crippen LogP contribution in [0.15, 0.2) is 29.1 Å². The number of aryl methyl sites for hydroxylation is 1. The molecule has 1 aromatic heterocycles. The fourth-order valence-electron chi connectivity index (χ4n) is 1.81. The lowest BCUT2D eigenvalue weighted by molar-refractivity contribution is 0.0958. The lowest BCUT2D eigenvalue weighted by Crippen LogP contribution is -2.30. The maximum Gasteiger partial charge on any atom is 0.267 e. The molecular formula is C12H12N2O3. The predicted molar refractivity (Wildman–Crippen MR) is 64.2 cm³/mol. The zero-order chi connectivity index (χ0) is 12.6. The molecular weight excluding hydrogens is 220 g/mol. The van der Waals surface area contributed by atoms with Crippen molar-refractivity contribution in [2.45, 2.75) is 0 Å². The van der Waals surface area contributed by atoms with Crippen molar-refractivity contribution < 1.29 is 9.90 Å². The van der Waals surface area contributed by atoms with E-state index in [1.165, 1.54) is 11.6 Å². The SMILES string of the molecule is CNC(=O)c1c(O)c2ccccc2n(C)c1=O. The van der Waals surface area contributed by atoms with Gasteiger partial charge in [0.1, 0.15) is 11.3 Å². The molecule has 0 saturated heterocycles. The number of nitrogens with one attached hydrogen (secondary N) is 1. The average molecular weight is 232 g/mol. The standard InChI is InChI=1S/C12H12N2O3/c1-13-11(16)9-10(15)7-5-3-4-6-8(7)14(2)12(9)17/h3-6,15H,1-2H3,(H,13,16). The Balaban J connectivity index is 2.97. The summed E-state index contributed by atoms with van der Waals surface area (Å²) >= 11 is 0. The van der Waals surface area contributed by atoms with Gasteiger partial charge in [-0.1, -0.05) is 12.1 Å². The molecule has 0 saturated carbocycles. The van der Waals surface area contributed by atoms with E-state index in [4.69, 9.17) is 0 Å². The first-order valence-electron chi connectivity index (χ1n) is 5.10. The number of pyridine rings is 1. The van der Waals surface area contributed by atoms with E-state index in [2.05, 4.69) is 5.32 Å². The molecule has 2 aromatic rings. The summed E-state index contributed by atoms with van der Waals surface area (Å²) in [6.45, 7) is 0. The van der Waals surface area contributed by atoms with Crippen molar-refractivity contribution in [3.63, 3.8) is 0 Å². The molecule has 0 aliphatic carbocycles. The van der Waals surface area contributed by atoms with Crippen molar-refractivity contribution in [2.75, 3.05) is 7.05 Å². The number of nitrogens with zero attached hydrogens (tertiary/aromatic N) is 1. The monoisotopic (exact) mass is 232 g/mol. The molecule has 2 rings (SSSR count). The van der Waals surface area contributed by atoms with Crippen LogP contribution in [0, 0.1) is 0 Å². The Kier molecular flexibility index (Phi) is 2.59. The smallest absolute Gasteiger partial charge is 0.267 e. The van der Waals surface area contributed by atoms with Gasteiger partial charge in [0.2, 0.25) is 0 Å². The van der Waals surface area contributed by atoms with Gasteiger partial charge >= 0.3 is 0 Å². The van der Waals surface area contributed by atoms with Gasteiger partial charge in [-0.05, 0) is 12.1 Å². The summed E-state index contributed by atoms with van der Waals surface area (Å²) in [6.07, 6.45) is 0. The minimum Gasteiger partial charge on any atom is -0.506 e. The van der Waals surface area contributed by atoms with Crippen LogP contribution in [0.1, 0.15) is 10.4 Å². The van der Waals surface area contributed by atoms with Crippen LogP contribution in [0.3, 0.4) is 0 Å². The first-order valence-corrected chi connectivity index (χ1v) is 5.10. The van der Waals surface area contributed by atoms with E-state index in [9.17, 15) is 14.7 Å². The van der Waals surface area contributed by atoms with Crippen molar-refractivity contribution >= 4 is 16.8 Å². The van der Waals surface area contributed by atoms with Crippen LogP contribution in [0.5, 0.6) is 5.75 Å². The van der Waals surface area contributed by atoms with E-state index in [1.807, 2.05) is 0 Å². The van der Waals surface area contributed by atoms with Crippen LogP contribution < -0.4 is 10.9 Å². The summed E-state index contributed by atoms with van der Waals surface area (Å²) in [5.74, 6) is -0.864. The number of para-hydroxylation sites is 1. The molecule has 17 heavy (non-hydrogen) atoms. The number of carbonyl (C=O) groups excluding carboxylic acids is 1. The fraction of sp³-hybridized carbons (Fsp3) is 0.167. The summed E-state index contributed by atoms with van der Waals surface area (Å²) in [5, 5.41) is 12.8. The number of hydrogen-bond acceptors (Lipinski definition) is 3. The van der Waals surface area contributed by atoms with E-state index in [-0.39, 0.29) is 11.3 Å². The minimum atomic E-state index is -0.589. The highest BCUT2D eigenvalue weighted by molar-refractivity contribution is 6.02. The van der Waals surface area contributed by atoms with Gasteiger partial charge in [0.25, 0.3) is 11.5 Å². The minimum absolute atomic E-state index is 0.228. The molecule has 0 radical (unpaired) electrons. The van der Waals surface area contributed by atoms with Crippen molar-refractivity contribution in [3.05, 3.63) is 40.2 Å². The van der Waals surface area contributed by atoms with Gasteiger partial charge in [-0.2, -0.15) is 0 Å². The van der Waals surface area contributed by atoms with Crippen molar-refractivity contribution in [2.24, 2.45) is 7.05 Å². The Bertz CT molecular complexity index is 659. The Morgan fingerprint density at radius 1 is 1.35 bits per heavy atom. The van der Waals surface area contributed by atoms with E-state index in [0.717, 1.165) is 0 Å². The summed E-state index contributed by atoms with van der Waals surface area (Å²) in [7, 11) is 2.98. The Hall–Kier alpha value is -2.30. The molecule has 1 heterocycles. The number of hydrogen-bond donors (Lipinski definition) is 2. The maximum atomic E-state index is 11.9. The molecule has 0 bridgehead atoms. The zero-order valence-corrected chi connectivity index (χ0v) is 9.52. The highest BCUT2D eigenvalue weighted by Gasteiger charge is 2.19. The summed E-state index contributed by atoms with van der Waals surface area (Å²) < 4.78 is 1.35. The molecule has 5 heteroatoms. The van der Waals surface area contributed by atoms with Crippen LogP contribution in [0.2, 0.25) is 0 Å². The molecule has 2 N–H and O–H groups in total. The van der Waals surface area contributed by atoms with Gasteiger partial charge < -0.3 is 15.0 Å². The van der Waals surface area contributed by atoms with Crippen LogP contribution in [0.25, 0.3) is 10.9 Å². The van der Waals surface area contributed by atoms with Gasteiger partial charge in [-0.3, -0.25) is 9.59 Å². The van der Waals surface area contributed by atoms with E-state index < -0.39 is 11.5 Å². The molecule has 0 aliphatic rings. The highest BCUT2D eigenvalue weighted by Crippen LogP contribution is 2.25. The number of rotatable bonds is 1. The van der Waals surface area contributed by atoms with Crippen molar-refractivity contribution in [1.29, 1.82) is 0 Å². The van der Waals surface area contributed by atoms with Crippen LogP contribution >= 0.6 is 0 Å². The first-order chi connectivity index (χ1) is 8.07. The van der Waals surface area contributed by atoms with Crippen molar-refractivity contribution in [3.8, 4) is 5.75 Å². The Morgan fingerprint density at radius 3 is 2.65 bits per heavy atom. The van der Waals surface area contributed by atoms with Gasteiger partial charge in [0.15, 0.2) is 0 Å². The van der Waals surface area contributed by atoms with E-state index in [1.54, 1.807) is 31.3 Å². The first kappa shape index (κ1) is 11.2. The van der Waals surface area contributed by atoms with Gasteiger partial charge in [-0.25, -0.2) is 0 Å². The second-order valence-electron chi connectivity index (χ2n) is 3.68. The third-order valence-corrected chi connectivity index (χ3v) is 2.73. The number of amides is 1. The fourth-order valence-corrected chi connectivity index (χ4v) is 1.81. The molecule has 0 unspecified atom stereocenters. The quantitative estimate of drug-likeness (QED) is 0.756. The second-order valence-corrected chi connectivity index (χ2v) is 3.68. The molecule has 0 spiro atoms. The molecule has 0 aliphatic heterocycles. The lowest BCUT2D eigenvalue weighted by Gasteiger charge is -2.10. The molecule has 5 nitrogen and oxygen atoms in total. The topological polar surface area (TPSA) is 71.3 Å². The predicted octanol–water partition coefficient (Wildman–Crippen LogP) is 0.604. The number of aromatic nitrogens is 1. The summed E-state index contributed by atoms with van der Waals surface area (Å²) in [6, 6.07) is 6.88. The van der Waals surface area contributed by atoms with Gasteiger partial charge in [-0.15, -0.1) is 0 Å². The molecule has 1 aromatic carbocycles. The molecule has 88 valence electrons. The normalized spacial score (nSPS) is 10.5. The lowest BCUT2D eigenvalue weighted by atomic mass is 10.1. The molecule has 0 fully saturated rings. The summed E-state index contributed by atoms with van der Waals surface area (Å²) in [4.78, 5) is 23.5. The maximum absolute atomic E-state index is 11.9. The van der Waals surface area contributed by atoms with Crippen molar-refractivity contribution in [1.82, 2.24) is 9.88 Å². The number of benzene rings is 1. The Labute approximate surface area is 97.3 Å². The summed E-state index contributed by atoms with van der Waals surface area (Å²) in [5.41, 5.74) is -0.156. The number of carbonyl (C=O) groups is 1. The number of aromatic hydroxyl groups is 1. The third kappa shape index (κ3) is 1.56. The van der Waals surface area contributed by atoms with Crippen LogP contribution in [0.4, 0.5) is 0 Å². The van der Waals surface area contributed by atoms with Crippen LogP contribution in [-0.2, 0) is 7.05 Å². The van der Waals surface area contributed by atoms with E-state index >= 15 is 0 Å². The second kappa shape index (κ2) is 3.93. The van der Waals surface area contributed by atoms with Gasteiger partial charge in [0.05, 0.1) is 5.52 Å². The number of fused-ring (bicyclic) bond motifs is 1.